The maximum absolute atomic E-state index is 13.7. The fraction of sp³-hybridized carbons (Fsp3) is 0.286. The van der Waals surface area contributed by atoms with Crippen molar-refractivity contribution in [1.82, 2.24) is 15.5 Å². The van der Waals surface area contributed by atoms with Crippen molar-refractivity contribution in [3.8, 4) is 11.5 Å². The van der Waals surface area contributed by atoms with Crippen LogP contribution in [0.1, 0.15) is 30.6 Å². The molecule has 160 valence electrons. The molecular weight excluding hydrogens is 409 g/mol. The minimum Gasteiger partial charge on any atom is -0.403 e. The van der Waals surface area contributed by atoms with E-state index in [1.54, 1.807) is 30.3 Å². The van der Waals surface area contributed by atoms with Crippen molar-refractivity contribution in [2.75, 3.05) is 23.7 Å². The summed E-state index contributed by atoms with van der Waals surface area (Å²) in [6, 6.07) is 13.6. The van der Waals surface area contributed by atoms with Crippen LogP contribution in [0.5, 0.6) is 0 Å². The van der Waals surface area contributed by atoms with E-state index >= 15 is 0 Å². The van der Waals surface area contributed by atoms with Crippen LogP contribution in [0.3, 0.4) is 0 Å². The van der Waals surface area contributed by atoms with Gasteiger partial charge < -0.3 is 20.4 Å². The summed E-state index contributed by atoms with van der Waals surface area (Å²) in [5.74, 6) is -0.695. The molecule has 0 aliphatic rings. The summed E-state index contributed by atoms with van der Waals surface area (Å²) >= 11 is 0. The number of nitrogens with zero attached hydrogens (tertiary/aromatic N) is 2. The number of amides is 1. The van der Waals surface area contributed by atoms with E-state index < -0.39 is 11.7 Å². The third-order valence-electron chi connectivity index (χ3n) is 4.12. The molecule has 1 amide bonds. The van der Waals surface area contributed by atoms with Gasteiger partial charge >= 0.3 is 6.01 Å². The highest BCUT2D eigenvalue weighted by molar-refractivity contribution is 6.04. The molecule has 0 saturated heterocycles. The van der Waals surface area contributed by atoms with E-state index in [1.807, 2.05) is 0 Å². The highest BCUT2D eigenvalue weighted by Gasteiger charge is 2.12. The second kappa shape index (κ2) is 11.3. The molecule has 0 aliphatic heterocycles. The number of anilines is 2. The number of carbonyl (C=O) groups excluding carboxylic acids is 1. The third-order valence-corrected chi connectivity index (χ3v) is 4.12. The Labute approximate surface area is 180 Å². The zero-order valence-corrected chi connectivity index (χ0v) is 17.6. The van der Waals surface area contributed by atoms with Crippen molar-refractivity contribution in [1.29, 1.82) is 0 Å². The second-order valence-corrected chi connectivity index (χ2v) is 6.81. The predicted octanol–water partition coefficient (Wildman–Crippen LogP) is 4.35. The number of rotatable bonds is 9. The summed E-state index contributed by atoms with van der Waals surface area (Å²) in [5.41, 5.74) is 1.25. The van der Waals surface area contributed by atoms with Gasteiger partial charge in [0.25, 0.3) is 5.91 Å². The first kappa shape index (κ1) is 23.3. The van der Waals surface area contributed by atoms with E-state index in [0.29, 0.717) is 23.6 Å². The van der Waals surface area contributed by atoms with E-state index in [2.05, 4.69) is 40.0 Å². The van der Waals surface area contributed by atoms with Gasteiger partial charge in [0.2, 0.25) is 5.89 Å². The molecule has 0 spiro atoms. The first-order valence-electron chi connectivity index (χ1n) is 9.50. The van der Waals surface area contributed by atoms with Gasteiger partial charge in [-0.3, -0.25) is 4.79 Å². The molecular formula is C21H25ClFN5O2. The summed E-state index contributed by atoms with van der Waals surface area (Å²) in [6.07, 6.45) is 0.937. The number of hydrogen-bond donors (Lipinski definition) is 3. The molecule has 7 nitrogen and oxygen atoms in total. The summed E-state index contributed by atoms with van der Waals surface area (Å²) in [6.45, 7) is 5.84. The van der Waals surface area contributed by atoms with Crippen LogP contribution in [0.25, 0.3) is 11.5 Å². The van der Waals surface area contributed by atoms with Crippen LogP contribution in [0.2, 0.25) is 0 Å². The fourth-order valence-corrected chi connectivity index (χ4v) is 2.63. The van der Waals surface area contributed by atoms with Crippen LogP contribution in [-0.2, 0) is 0 Å². The molecule has 0 fully saturated rings. The van der Waals surface area contributed by atoms with E-state index in [9.17, 15) is 9.18 Å². The van der Waals surface area contributed by atoms with Gasteiger partial charge in [-0.1, -0.05) is 31.1 Å². The van der Waals surface area contributed by atoms with E-state index in [4.69, 9.17) is 4.42 Å². The Kier molecular flexibility index (Phi) is 8.76. The molecule has 0 bridgehead atoms. The van der Waals surface area contributed by atoms with Crippen molar-refractivity contribution in [3.05, 3.63) is 59.9 Å². The Hall–Kier alpha value is -2.97. The number of hydrogen-bond acceptors (Lipinski definition) is 6. The average Bonchev–Trinajstić information content (AvgIpc) is 3.17. The molecule has 3 N–H and O–H groups in total. The van der Waals surface area contributed by atoms with Crippen LogP contribution in [0, 0.1) is 5.82 Å². The summed E-state index contributed by atoms with van der Waals surface area (Å²) in [5, 5.41) is 17.1. The number of carbonyl (C=O) groups is 1. The van der Waals surface area contributed by atoms with Gasteiger partial charge in [0, 0.05) is 23.8 Å². The number of benzene rings is 2. The lowest BCUT2D eigenvalue weighted by Gasteiger charge is -2.07. The molecule has 30 heavy (non-hydrogen) atoms. The lowest BCUT2D eigenvalue weighted by Crippen LogP contribution is -2.25. The second-order valence-electron chi connectivity index (χ2n) is 6.81. The average molecular weight is 434 g/mol. The van der Waals surface area contributed by atoms with Gasteiger partial charge in [0.1, 0.15) is 5.82 Å². The number of aromatic nitrogens is 2. The molecule has 1 aromatic heterocycles. The minimum atomic E-state index is -0.563. The quantitative estimate of drug-likeness (QED) is 0.434. The molecule has 3 aromatic rings. The molecule has 0 unspecified atom stereocenters. The van der Waals surface area contributed by atoms with Gasteiger partial charge in [-0.2, -0.15) is 0 Å². The van der Waals surface area contributed by atoms with E-state index in [0.717, 1.165) is 25.1 Å². The van der Waals surface area contributed by atoms with Crippen LogP contribution in [0.15, 0.2) is 52.9 Å². The van der Waals surface area contributed by atoms with Gasteiger partial charge in [-0.25, -0.2) is 4.39 Å². The summed E-state index contributed by atoms with van der Waals surface area (Å²) in [7, 11) is 0. The van der Waals surface area contributed by atoms with Crippen LogP contribution < -0.4 is 16.0 Å². The maximum atomic E-state index is 13.7. The summed E-state index contributed by atoms with van der Waals surface area (Å²) < 4.78 is 19.3. The Morgan fingerprint density at radius 3 is 2.50 bits per heavy atom. The van der Waals surface area contributed by atoms with Crippen molar-refractivity contribution in [3.63, 3.8) is 0 Å². The lowest BCUT2D eigenvalue weighted by atomic mass is 10.1. The lowest BCUT2D eigenvalue weighted by molar-refractivity contribution is 0.102. The highest BCUT2D eigenvalue weighted by atomic mass is 35.5. The van der Waals surface area contributed by atoms with Crippen LogP contribution in [0.4, 0.5) is 16.1 Å². The molecule has 3 rings (SSSR count). The Balaban J connectivity index is 0.00000320. The van der Waals surface area contributed by atoms with Gasteiger partial charge in [-0.05, 0) is 49.4 Å². The molecule has 0 saturated carbocycles. The Morgan fingerprint density at radius 2 is 1.80 bits per heavy atom. The zero-order valence-electron chi connectivity index (χ0n) is 16.8. The predicted molar refractivity (Wildman–Crippen MR) is 118 cm³/mol. The molecule has 0 aliphatic carbocycles. The zero-order chi connectivity index (χ0) is 20.6. The van der Waals surface area contributed by atoms with Crippen molar-refractivity contribution >= 4 is 30.0 Å². The highest BCUT2D eigenvalue weighted by Crippen LogP contribution is 2.22. The van der Waals surface area contributed by atoms with Crippen LogP contribution >= 0.6 is 12.4 Å². The molecule has 0 atom stereocenters. The largest absolute Gasteiger partial charge is 0.403 e. The monoisotopic (exact) mass is 433 g/mol. The van der Waals surface area contributed by atoms with Crippen molar-refractivity contribution < 1.29 is 13.6 Å². The Morgan fingerprint density at radius 1 is 1.07 bits per heavy atom. The number of nitrogens with one attached hydrogen (secondary N) is 3. The minimum absolute atomic E-state index is 0. The maximum Gasteiger partial charge on any atom is 0.315 e. The molecule has 9 heteroatoms. The smallest absolute Gasteiger partial charge is 0.315 e. The van der Waals surface area contributed by atoms with Crippen molar-refractivity contribution in [2.45, 2.75) is 26.3 Å². The molecule has 1 heterocycles. The third kappa shape index (κ3) is 6.53. The van der Waals surface area contributed by atoms with Crippen LogP contribution in [-0.4, -0.2) is 35.2 Å². The topological polar surface area (TPSA) is 92.1 Å². The SMILES string of the molecule is CC(C)NCCCNc1nnc(-c2ccc(NC(=O)c3ccccc3F)cc2)o1.Cl. The standard InChI is InChI=1S/C21H24FN5O2.ClH/c1-14(2)23-12-5-13-24-21-27-26-20(29-21)15-8-10-16(11-9-15)25-19(28)17-6-3-4-7-18(17)22;/h3-4,6-11,14,23H,5,12-13H2,1-2H3,(H,24,27)(H,25,28);1H. The van der Waals surface area contributed by atoms with E-state index in [-0.39, 0.29) is 18.0 Å². The van der Waals surface area contributed by atoms with Gasteiger partial charge in [-0.15, -0.1) is 17.5 Å². The normalized spacial score (nSPS) is 10.5. The van der Waals surface area contributed by atoms with Gasteiger partial charge in [0.15, 0.2) is 0 Å². The first-order chi connectivity index (χ1) is 14.0. The molecule has 2 aromatic carbocycles. The van der Waals surface area contributed by atoms with E-state index in [1.165, 1.54) is 18.2 Å². The van der Waals surface area contributed by atoms with Gasteiger partial charge in [0.05, 0.1) is 5.56 Å². The fourth-order valence-electron chi connectivity index (χ4n) is 2.63. The summed E-state index contributed by atoms with van der Waals surface area (Å²) in [4.78, 5) is 12.2. The number of halogens is 2. The first-order valence-corrected chi connectivity index (χ1v) is 9.50. The van der Waals surface area contributed by atoms with Crippen molar-refractivity contribution in [2.24, 2.45) is 0 Å². The molecule has 0 radical (unpaired) electrons. The Bertz CT molecular complexity index is 947.